The van der Waals surface area contributed by atoms with Crippen molar-refractivity contribution in [2.75, 3.05) is 33.2 Å². The first-order chi connectivity index (χ1) is 17.4. The Balaban J connectivity index is 2.08. The van der Waals surface area contributed by atoms with Crippen LogP contribution in [0.1, 0.15) is 16.7 Å². The average molecular weight is 542 g/mol. The minimum atomic E-state index is -4.75. The fourth-order valence-corrected chi connectivity index (χ4v) is 4.57. The molecule has 12 heteroatoms. The van der Waals surface area contributed by atoms with Crippen molar-refractivity contribution >= 4 is 27.9 Å². The van der Waals surface area contributed by atoms with Crippen LogP contribution in [0.4, 0.5) is 23.2 Å². The molecular formula is C25H23F4NO6S. The number of nitrogens with one attached hydrogen (secondary N) is 1. The summed E-state index contributed by atoms with van der Waals surface area (Å²) in [6.07, 6.45) is -1.72. The highest BCUT2D eigenvalue weighted by atomic mass is 32.2. The Morgan fingerprint density at radius 2 is 1.43 bits per heavy atom. The highest BCUT2D eigenvalue weighted by Gasteiger charge is 2.32. The minimum absolute atomic E-state index is 0.169. The van der Waals surface area contributed by atoms with Crippen molar-refractivity contribution in [1.82, 2.24) is 0 Å². The number of methoxy groups -OCH3 is 4. The van der Waals surface area contributed by atoms with Crippen molar-refractivity contribution in [2.45, 2.75) is 11.1 Å². The normalized spacial score (nSPS) is 11.9. The Hall–Kier alpha value is -3.93. The molecule has 0 saturated heterocycles. The molecule has 0 aliphatic rings. The van der Waals surface area contributed by atoms with E-state index in [1.54, 1.807) is 18.2 Å². The first-order valence-electron chi connectivity index (χ1n) is 10.5. The van der Waals surface area contributed by atoms with Crippen molar-refractivity contribution in [3.8, 4) is 23.0 Å². The van der Waals surface area contributed by atoms with Gasteiger partial charge in [0.05, 0.1) is 38.9 Å². The standard InChI is InChI=1S/C25H23F4NO6S/c1-33-20-12-15(13-21(34-2)24(20)36-4)8-9-16-10-11-19(26)23(35-3)22(16)30-37(31,32)18-7-5-6-17(14-18)25(27,28)29/h5-14,30H,1-4H3. The van der Waals surface area contributed by atoms with E-state index in [9.17, 15) is 26.0 Å². The van der Waals surface area contributed by atoms with Crippen molar-refractivity contribution in [3.63, 3.8) is 0 Å². The zero-order valence-corrected chi connectivity index (χ0v) is 21.0. The molecule has 0 heterocycles. The number of halogens is 4. The Kier molecular flexibility index (Phi) is 8.22. The molecule has 37 heavy (non-hydrogen) atoms. The second-order valence-electron chi connectivity index (χ2n) is 7.47. The van der Waals surface area contributed by atoms with E-state index < -0.39 is 38.2 Å². The SMILES string of the molecule is COc1cc(C=Cc2ccc(F)c(OC)c2NS(=O)(=O)c2cccc(C(F)(F)F)c2)cc(OC)c1OC. The molecule has 3 rings (SSSR count). The first kappa shape index (κ1) is 27.7. The monoisotopic (exact) mass is 541 g/mol. The summed E-state index contributed by atoms with van der Waals surface area (Å²) < 4.78 is 103. The number of ether oxygens (including phenoxy) is 4. The van der Waals surface area contributed by atoms with Gasteiger partial charge in [-0.2, -0.15) is 13.2 Å². The summed E-state index contributed by atoms with van der Waals surface area (Å²) in [5.74, 6) is -0.232. The smallest absolute Gasteiger partial charge is 0.416 e. The van der Waals surface area contributed by atoms with E-state index in [4.69, 9.17) is 18.9 Å². The van der Waals surface area contributed by atoms with Crippen LogP contribution in [0.5, 0.6) is 23.0 Å². The highest BCUT2D eigenvalue weighted by Crippen LogP contribution is 2.40. The molecule has 0 spiro atoms. The molecule has 0 fully saturated rings. The molecule has 0 unspecified atom stereocenters. The Labute approximate surface area is 211 Å². The van der Waals surface area contributed by atoms with Gasteiger partial charge in [-0.05, 0) is 48.0 Å². The lowest BCUT2D eigenvalue weighted by Gasteiger charge is -2.16. The summed E-state index contributed by atoms with van der Waals surface area (Å²) in [6, 6.07) is 8.80. The van der Waals surface area contributed by atoms with Crippen LogP contribution in [0, 0.1) is 5.82 Å². The molecule has 0 aromatic heterocycles. The van der Waals surface area contributed by atoms with Gasteiger partial charge < -0.3 is 18.9 Å². The predicted octanol–water partition coefficient (Wildman–Crippen LogP) is 5.85. The lowest BCUT2D eigenvalue weighted by molar-refractivity contribution is -0.137. The van der Waals surface area contributed by atoms with E-state index in [1.807, 2.05) is 0 Å². The third-order valence-electron chi connectivity index (χ3n) is 5.20. The van der Waals surface area contributed by atoms with Crippen LogP contribution >= 0.6 is 0 Å². The molecule has 7 nitrogen and oxygen atoms in total. The average Bonchev–Trinajstić information content (AvgIpc) is 2.87. The van der Waals surface area contributed by atoms with Gasteiger partial charge in [-0.25, -0.2) is 12.8 Å². The molecule has 0 atom stereocenters. The third kappa shape index (κ3) is 6.08. The van der Waals surface area contributed by atoms with E-state index in [-0.39, 0.29) is 11.3 Å². The molecule has 3 aromatic rings. The fourth-order valence-electron chi connectivity index (χ4n) is 3.43. The summed E-state index contributed by atoms with van der Waals surface area (Å²) in [6.45, 7) is 0. The first-order valence-corrected chi connectivity index (χ1v) is 12.0. The van der Waals surface area contributed by atoms with E-state index in [0.29, 0.717) is 28.9 Å². The lowest BCUT2D eigenvalue weighted by Crippen LogP contribution is -2.16. The number of anilines is 1. The summed E-state index contributed by atoms with van der Waals surface area (Å²) in [4.78, 5) is -0.659. The molecule has 0 aliphatic heterocycles. The van der Waals surface area contributed by atoms with E-state index in [1.165, 1.54) is 33.5 Å². The van der Waals surface area contributed by atoms with Crippen LogP contribution in [0.25, 0.3) is 12.2 Å². The zero-order valence-electron chi connectivity index (χ0n) is 20.1. The Bertz CT molecular complexity index is 1400. The van der Waals surface area contributed by atoms with Crippen molar-refractivity contribution in [1.29, 1.82) is 0 Å². The molecule has 0 amide bonds. The van der Waals surface area contributed by atoms with Gasteiger partial charge in [-0.15, -0.1) is 0 Å². The lowest BCUT2D eigenvalue weighted by atomic mass is 10.1. The van der Waals surface area contributed by atoms with Crippen LogP contribution in [0.15, 0.2) is 53.4 Å². The number of hydrogen-bond donors (Lipinski definition) is 1. The van der Waals surface area contributed by atoms with Crippen molar-refractivity contribution in [2.24, 2.45) is 0 Å². The number of benzene rings is 3. The van der Waals surface area contributed by atoms with Gasteiger partial charge in [0.2, 0.25) is 5.75 Å². The maximum Gasteiger partial charge on any atom is 0.416 e. The van der Waals surface area contributed by atoms with Crippen molar-refractivity contribution < 1.29 is 44.9 Å². The maximum atomic E-state index is 14.5. The third-order valence-corrected chi connectivity index (χ3v) is 6.54. The molecule has 198 valence electrons. The van der Waals surface area contributed by atoms with Gasteiger partial charge in [0.1, 0.15) is 5.69 Å². The van der Waals surface area contributed by atoms with Gasteiger partial charge in [0.25, 0.3) is 10.0 Å². The van der Waals surface area contributed by atoms with Crippen LogP contribution in [0.3, 0.4) is 0 Å². The summed E-state index contributed by atoms with van der Waals surface area (Å²) >= 11 is 0. The minimum Gasteiger partial charge on any atom is -0.493 e. The van der Waals surface area contributed by atoms with Gasteiger partial charge in [-0.3, -0.25) is 4.72 Å². The highest BCUT2D eigenvalue weighted by molar-refractivity contribution is 7.92. The topological polar surface area (TPSA) is 83.1 Å². The predicted molar refractivity (Wildman–Crippen MR) is 130 cm³/mol. The second kappa shape index (κ2) is 11.0. The van der Waals surface area contributed by atoms with E-state index >= 15 is 0 Å². The van der Waals surface area contributed by atoms with Gasteiger partial charge in [-0.1, -0.05) is 18.2 Å². The molecular weight excluding hydrogens is 518 g/mol. The quantitative estimate of drug-likeness (QED) is 0.270. The maximum absolute atomic E-state index is 14.5. The molecule has 3 aromatic carbocycles. The largest absolute Gasteiger partial charge is 0.493 e. The van der Waals surface area contributed by atoms with Crippen LogP contribution in [-0.2, 0) is 16.2 Å². The van der Waals surface area contributed by atoms with Gasteiger partial charge in [0.15, 0.2) is 23.1 Å². The molecule has 0 bridgehead atoms. The van der Waals surface area contributed by atoms with E-state index in [0.717, 1.165) is 31.4 Å². The van der Waals surface area contributed by atoms with Crippen LogP contribution in [-0.4, -0.2) is 36.9 Å². The summed E-state index contributed by atoms with van der Waals surface area (Å²) in [5.41, 5.74) is -0.722. The second-order valence-corrected chi connectivity index (χ2v) is 9.15. The Morgan fingerprint density at radius 3 is 1.97 bits per heavy atom. The van der Waals surface area contributed by atoms with Crippen LogP contribution in [0.2, 0.25) is 0 Å². The molecule has 0 saturated carbocycles. The number of hydrogen-bond acceptors (Lipinski definition) is 6. The van der Waals surface area contributed by atoms with Gasteiger partial charge in [0, 0.05) is 5.56 Å². The Morgan fingerprint density at radius 1 is 0.811 bits per heavy atom. The van der Waals surface area contributed by atoms with Crippen LogP contribution < -0.4 is 23.7 Å². The number of sulfonamides is 1. The number of alkyl halides is 3. The fraction of sp³-hybridized carbons (Fsp3) is 0.200. The van der Waals surface area contributed by atoms with E-state index in [2.05, 4.69) is 4.72 Å². The molecule has 0 radical (unpaired) electrons. The summed E-state index contributed by atoms with van der Waals surface area (Å²) in [5, 5.41) is 0. The molecule has 1 N–H and O–H groups in total. The van der Waals surface area contributed by atoms with Crippen molar-refractivity contribution in [3.05, 3.63) is 71.0 Å². The molecule has 0 aliphatic carbocycles. The number of rotatable bonds is 9. The zero-order chi connectivity index (χ0) is 27.4. The summed E-state index contributed by atoms with van der Waals surface area (Å²) in [7, 11) is 0.893. The van der Waals surface area contributed by atoms with Gasteiger partial charge >= 0.3 is 6.18 Å².